The second-order valence-electron chi connectivity index (χ2n) is 8.55. The number of alkyl halides is 3. The van der Waals surface area contributed by atoms with E-state index in [1.165, 1.54) is 0 Å². The van der Waals surface area contributed by atoms with E-state index in [-0.39, 0.29) is 35.9 Å². The largest absolute Gasteiger partial charge is 0.397 e. The molecule has 9 nitrogen and oxygen atoms in total. The molecule has 2 aliphatic heterocycles. The van der Waals surface area contributed by atoms with Gasteiger partial charge in [0.25, 0.3) is 0 Å². The van der Waals surface area contributed by atoms with Crippen LogP contribution in [0.2, 0.25) is 0 Å². The molecule has 6 N–H and O–H groups in total. The Morgan fingerprint density at radius 1 is 1.20 bits per heavy atom. The molecular formula is C23H24F3N9. The summed E-state index contributed by atoms with van der Waals surface area (Å²) in [6, 6.07) is 8.92. The number of aliphatic imine (C=N–C) groups is 1. The lowest BCUT2D eigenvalue weighted by Crippen LogP contribution is -2.39. The van der Waals surface area contributed by atoms with Crippen LogP contribution in [-0.2, 0) is 6.42 Å². The molecule has 0 bridgehead atoms. The zero-order valence-electron chi connectivity index (χ0n) is 18.7. The number of benzene rings is 1. The lowest BCUT2D eigenvalue weighted by Gasteiger charge is -2.32. The summed E-state index contributed by atoms with van der Waals surface area (Å²) >= 11 is 0. The minimum Gasteiger partial charge on any atom is -0.397 e. The van der Waals surface area contributed by atoms with Crippen molar-refractivity contribution in [2.24, 2.45) is 10.9 Å². The molecule has 4 rings (SSSR count). The Hall–Kier alpha value is -4.03. The fourth-order valence-corrected chi connectivity index (χ4v) is 4.51. The number of rotatable bonds is 4. The minimum absolute atomic E-state index is 0.0312. The summed E-state index contributed by atoms with van der Waals surface area (Å²) in [7, 11) is 0. The first-order chi connectivity index (χ1) is 16.7. The van der Waals surface area contributed by atoms with Gasteiger partial charge in [-0.1, -0.05) is 24.3 Å². The molecule has 12 heteroatoms. The molecule has 1 aromatic carbocycles. The monoisotopic (exact) mass is 483 g/mol. The van der Waals surface area contributed by atoms with Crippen molar-refractivity contribution in [1.82, 2.24) is 15.2 Å². The van der Waals surface area contributed by atoms with Crippen LogP contribution in [0.25, 0.3) is 0 Å². The van der Waals surface area contributed by atoms with Crippen molar-refractivity contribution in [2.45, 2.75) is 31.5 Å². The summed E-state index contributed by atoms with van der Waals surface area (Å²) < 4.78 is 38.8. The topological polar surface area (TPSA) is 152 Å². The van der Waals surface area contributed by atoms with E-state index in [4.69, 9.17) is 16.7 Å². The van der Waals surface area contributed by atoms with Crippen LogP contribution in [0.15, 0.2) is 29.3 Å². The molecule has 2 aliphatic rings. The SMILES string of the molecule is N#CNC1=NC(c2cccc(CCN3CCC(C(F)(F)F)CC3)c2)c2c(nc(N)c(C#N)c2N)N1. The van der Waals surface area contributed by atoms with Crippen LogP contribution in [0.4, 0.5) is 30.5 Å². The van der Waals surface area contributed by atoms with E-state index in [2.05, 4.69) is 20.6 Å². The van der Waals surface area contributed by atoms with Crippen LogP contribution in [0.3, 0.4) is 0 Å². The fourth-order valence-electron chi connectivity index (χ4n) is 4.51. The minimum atomic E-state index is -4.13. The second-order valence-corrected chi connectivity index (χ2v) is 8.55. The zero-order chi connectivity index (χ0) is 25.2. The van der Waals surface area contributed by atoms with Crippen LogP contribution in [0.5, 0.6) is 0 Å². The number of halogens is 3. The summed E-state index contributed by atoms with van der Waals surface area (Å²) in [4.78, 5) is 10.8. The van der Waals surface area contributed by atoms with Crippen LogP contribution in [0, 0.1) is 28.7 Å². The van der Waals surface area contributed by atoms with Crippen LogP contribution >= 0.6 is 0 Å². The molecule has 1 aromatic heterocycles. The molecule has 0 aliphatic carbocycles. The molecule has 3 heterocycles. The molecule has 0 radical (unpaired) electrons. The van der Waals surface area contributed by atoms with Crippen molar-refractivity contribution < 1.29 is 13.2 Å². The van der Waals surface area contributed by atoms with Crippen molar-refractivity contribution in [3.8, 4) is 12.3 Å². The van der Waals surface area contributed by atoms with Crippen molar-refractivity contribution in [2.75, 3.05) is 36.4 Å². The molecule has 2 aromatic rings. The van der Waals surface area contributed by atoms with Gasteiger partial charge < -0.3 is 21.7 Å². The predicted octanol–water partition coefficient (Wildman–Crippen LogP) is 2.88. The van der Waals surface area contributed by atoms with Gasteiger partial charge in [0.2, 0.25) is 5.96 Å². The predicted molar refractivity (Wildman–Crippen MR) is 125 cm³/mol. The van der Waals surface area contributed by atoms with Crippen LogP contribution < -0.4 is 22.1 Å². The molecule has 0 saturated carbocycles. The number of piperidine rings is 1. The molecule has 1 saturated heterocycles. The Labute approximate surface area is 200 Å². The number of nitrogens with one attached hydrogen (secondary N) is 2. The number of pyridine rings is 1. The Balaban J connectivity index is 1.56. The Morgan fingerprint density at radius 3 is 2.60 bits per heavy atom. The summed E-state index contributed by atoms with van der Waals surface area (Å²) in [6.07, 6.45) is -1.43. The van der Waals surface area contributed by atoms with Gasteiger partial charge in [-0.2, -0.15) is 23.7 Å². The third-order valence-corrected chi connectivity index (χ3v) is 6.39. The maximum Gasteiger partial charge on any atom is 0.391 e. The number of nitriles is 2. The first kappa shape index (κ1) is 24.1. The first-order valence-corrected chi connectivity index (χ1v) is 11.1. The van der Waals surface area contributed by atoms with E-state index < -0.39 is 18.1 Å². The Bertz CT molecular complexity index is 1220. The van der Waals surface area contributed by atoms with E-state index >= 15 is 0 Å². The highest BCUT2D eigenvalue weighted by molar-refractivity contribution is 5.98. The van der Waals surface area contributed by atoms with Crippen LogP contribution in [0.1, 0.15) is 41.1 Å². The number of likely N-dealkylation sites (tertiary alicyclic amines) is 1. The highest BCUT2D eigenvalue weighted by Crippen LogP contribution is 2.40. The van der Waals surface area contributed by atoms with Gasteiger partial charge >= 0.3 is 6.18 Å². The van der Waals surface area contributed by atoms with Crippen molar-refractivity contribution >= 4 is 23.3 Å². The average molecular weight is 484 g/mol. The van der Waals surface area contributed by atoms with Crippen molar-refractivity contribution in [3.63, 3.8) is 0 Å². The standard InChI is InChI=1S/C23H24F3N9/c24-23(25,26)15-5-8-35(9-6-15)7-4-13-2-1-3-14(10-13)19-17-18(29)16(11-27)20(30)33-21(17)34-22(32-19)31-12-28/h1-3,10,15,19H,4-9H2,(H6,29,30,31,32,33,34). The number of fused-ring (bicyclic) bond motifs is 1. The fraction of sp³-hybridized carbons (Fsp3) is 0.391. The third kappa shape index (κ3) is 5.08. The lowest BCUT2D eigenvalue weighted by molar-refractivity contribution is -0.185. The Kier molecular flexibility index (Phi) is 6.67. The van der Waals surface area contributed by atoms with Gasteiger partial charge in [-0.05, 0) is 43.5 Å². The zero-order valence-corrected chi connectivity index (χ0v) is 18.7. The molecule has 1 unspecified atom stereocenters. The third-order valence-electron chi connectivity index (χ3n) is 6.39. The molecule has 0 spiro atoms. The van der Waals surface area contributed by atoms with E-state index in [0.29, 0.717) is 37.4 Å². The number of hydrogen-bond acceptors (Lipinski definition) is 9. The van der Waals surface area contributed by atoms with Crippen molar-refractivity contribution in [1.29, 1.82) is 10.5 Å². The quantitative estimate of drug-likeness (QED) is 0.383. The van der Waals surface area contributed by atoms with E-state index in [1.807, 2.05) is 41.4 Å². The number of nitrogen functional groups attached to an aromatic ring is 2. The maximum atomic E-state index is 12.9. The van der Waals surface area contributed by atoms with Gasteiger partial charge in [0, 0.05) is 12.1 Å². The smallest absolute Gasteiger partial charge is 0.391 e. The van der Waals surface area contributed by atoms with Crippen molar-refractivity contribution in [3.05, 3.63) is 46.5 Å². The van der Waals surface area contributed by atoms with Gasteiger partial charge in [-0.15, -0.1) is 0 Å². The Morgan fingerprint density at radius 2 is 1.94 bits per heavy atom. The summed E-state index contributed by atoms with van der Waals surface area (Å²) in [5.41, 5.74) is 14.6. The van der Waals surface area contributed by atoms with Gasteiger partial charge in [0.05, 0.1) is 11.6 Å². The summed E-state index contributed by atoms with van der Waals surface area (Å²) in [5, 5.41) is 23.9. The molecule has 35 heavy (non-hydrogen) atoms. The number of nitrogens with zero attached hydrogens (tertiary/aromatic N) is 5. The first-order valence-electron chi connectivity index (χ1n) is 11.1. The van der Waals surface area contributed by atoms with E-state index in [0.717, 1.165) is 11.1 Å². The number of aromatic nitrogens is 1. The van der Waals surface area contributed by atoms with Gasteiger partial charge in [-0.25, -0.2) is 9.98 Å². The van der Waals surface area contributed by atoms with Crippen LogP contribution in [-0.4, -0.2) is 41.7 Å². The van der Waals surface area contributed by atoms with Gasteiger partial charge in [0.1, 0.15) is 29.3 Å². The van der Waals surface area contributed by atoms with Gasteiger partial charge in [0.15, 0.2) is 6.19 Å². The summed E-state index contributed by atoms with van der Waals surface area (Å²) in [6.45, 7) is 1.47. The number of anilines is 3. The lowest BCUT2D eigenvalue weighted by atomic mass is 9.93. The highest BCUT2D eigenvalue weighted by atomic mass is 19.4. The van der Waals surface area contributed by atoms with E-state index in [1.54, 1.807) is 0 Å². The number of nitrogens with two attached hydrogens (primary N) is 2. The number of guanidine groups is 1. The molecule has 1 atom stereocenters. The van der Waals surface area contributed by atoms with Gasteiger partial charge in [-0.3, -0.25) is 5.32 Å². The van der Waals surface area contributed by atoms with E-state index in [9.17, 15) is 18.4 Å². The molecular weight excluding hydrogens is 459 g/mol. The molecule has 0 amide bonds. The highest BCUT2D eigenvalue weighted by Gasteiger charge is 2.40. The second kappa shape index (κ2) is 9.68. The maximum absolute atomic E-state index is 12.9. The summed E-state index contributed by atoms with van der Waals surface area (Å²) in [5.74, 6) is -0.785. The molecule has 182 valence electrons. The normalized spacial score (nSPS) is 18.5. The molecule has 1 fully saturated rings. The average Bonchev–Trinajstić information content (AvgIpc) is 2.82. The number of hydrogen-bond donors (Lipinski definition) is 4.